The van der Waals surface area contributed by atoms with Crippen molar-refractivity contribution in [2.75, 3.05) is 22.9 Å². The number of rotatable bonds is 25. The molecule has 1 unspecified atom stereocenters. The van der Waals surface area contributed by atoms with Gasteiger partial charge in [0.2, 0.25) is 0 Å². The van der Waals surface area contributed by atoms with Gasteiger partial charge in [-0.1, -0.05) is 148 Å². The first-order chi connectivity index (χ1) is 28.4. The average molecular weight is 1000 g/mol. The van der Waals surface area contributed by atoms with Crippen molar-refractivity contribution >= 4 is 79.4 Å². The van der Waals surface area contributed by atoms with Crippen molar-refractivity contribution in [3.63, 3.8) is 0 Å². The van der Waals surface area contributed by atoms with Gasteiger partial charge < -0.3 is 15.2 Å². The summed E-state index contributed by atoms with van der Waals surface area (Å²) in [5.74, 6) is 1.40. The minimum absolute atomic E-state index is 0.00344. The molecule has 0 saturated carbocycles. The van der Waals surface area contributed by atoms with Gasteiger partial charge >= 0.3 is 0 Å². The summed E-state index contributed by atoms with van der Waals surface area (Å²) >= 11 is 4.74. The Labute approximate surface area is 377 Å². The molecule has 0 fully saturated rings. The zero-order valence-corrected chi connectivity index (χ0v) is 39.3. The van der Waals surface area contributed by atoms with Crippen LogP contribution < -0.4 is 9.80 Å². The second kappa shape index (κ2) is 24.8. The monoisotopic (exact) mass is 1000 g/mol. The Morgan fingerprint density at radius 3 is 1.55 bits per heavy atom. The number of hydrogen-bond acceptors (Lipinski definition) is 4. The lowest BCUT2D eigenvalue weighted by Gasteiger charge is -2.32. The predicted molar refractivity (Wildman–Crippen MR) is 264 cm³/mol. The van der Waals surface area contributed by atoms with Gasteiger partial charge in [0.05, 0.1) is 11.5 Å². The summed E-state index contributed by atoms with van der Waals surface area (Å²) in [6.45, 7) is 6.43. The van der Waals surface area contributed by atoms with Gasteiger partial charge in [-0.05, 0) is 112 Å². The number of nitriles is 1. The maximum atomic E-state index is 14.1. The molecule has 1 aliphatic carbocycles. The van der Waals surface area contributed by atoms with E-state index in [1.165, 1.54) is 116 Å². The second-order valence-electron chi connectivity index (χ2n) is 16.2. The molecule has 1 atom stereocenters. The maximum absolute atomic E-state index is 14.1. The van der Waals surface area contributed by atoms with Crippen LogP contribution >= 0.6 is 45.2 Å². The predicted octanol–water partition coefficient (Wildman–Crippen LogP) is 15.1. The van der Waals surface area contributed by atoms with Gasteiger partial charge in [0.15, 0.2) is 5.78 Å². The van der Waals surface area contributed by atoms with Crippen LogP contribution in [0.1, 0.15) is 153 Å². The van der Waals surface area contributed by atoms with E-state index in [0.29, 0.717) is 11.1 Å². The van der Waals surface area contributed by atoms with Crippen LogP contribution in [0.25, 0.3) is 16.6 Å². The topological polar surface area (TPSA) is 69.6 Å². The Kier molecular flexibility index (Phi) is 19.6. The van der Waals surface area contributed by atoms with E-state index in [0.717, 1.165) is 66.7 Å². The fraction of sp³-hybridized carbons (Fsp3) is 0.490. The maximum Gasteiger partial charge on any atom is 0.174 e. The molecule has 3 aliphatic rings. The Morgan fingerprint density at radius 1 is 0.672 bits per heavy atom. The van der Waals surface area contributed by atoms with Gasteiger partial charge in [-0.3, -0.25) is 10.7 Å². The number of halogens is 2. The number of anilines is 2. The minimum Gasteiger partial charge on any atom is -0.762 e. The van der Waals surface area contributed by atoms with Gasteiger partial charge in [-0.15, -0.1) is 0 Å². The third-order valence-electron chi connectivity index (χ3n) is 11.8. The van der Waals surface area contributed by atoms with E-state index >= 15 is 0 Å². The molecule has 2 aromatic rings. The third-order valence-corrected chi connectivity index (χ3v) is 13.2. The van der Waals surface area contributed by atoms with Crippen molar-refractivity contribution in [2.45, 2.75) is 142 Å². The van der Waals surface area contributed by atoms with Gasteiger partial charge in [0, 0.05) is 66.3 Å². The molecule has 0 spiro atoms. The highest BCUT2D eigenvalue weighted by Crippen LogP contribution is 2.44. The summed E-state index contributed by atoms with van der Waals surface area (Å²) in [7, 11) is 0. The molecule has 308 valence electrons. The summed E-state index contributed by atoms with van der Waals surface area (Å²) in [5, 5.41) is 20.2. The first kappa shape index (κ1) is 45.9. The van der Waals surface area contributed by atoms with Crippen molar-refractivity contribution < 1.29 is 4.79 Å². The number of fused-ring (bicyclic) bond motifs is 2. The van der Waals surface area contributed by atoms with Crippen LogP contribution in [0.3, 0.4) is 0 Å². The van der Waals surface area contributed by atoms with Gasteiger partial charge in [0.25, 0.3) is 0 Å². The molecule has 7 heteroatoms. The van der Waals surface area contributed by atoms with Crippen LogP contribution in [0.5, 0.6) is 0 Å². The number of nitrogens with zero attached hydrogens (tertiary/aromatic N) is 4. The number of unbranched alkanes of at least 4 members (excludes halogenated alkanes) is 18. The SMILES string of the molecule is CCCCCCCCCCCCN1C=C/C(=C\C2=C(C(=C=[N-])C#N)C(/C=C3\C=CN(CCCCCCCCCCCC)c4cc(I)ccc43)C2=O)c2ccc(I)cc21. The number of carbonyl (C=O) groups is 1. The highest BCUT2D eigenvalue weighted by molar-refractivity contribution is 14.1. The molecule has 5 rings (SSSR count). The summed E-state index contributed by atoms with van der Waals surface area (Å²) < 4.78 is 2.32. The molecule has 2 aliphatic heterocycles. The van der Waals surface area contributed by atoms with Crippen LogP contribution in [0, 0.1) is 24.4 Å². The van der Waals surface area contributed by atoms with Crippen molar-refractivity contribution in [3.8, 4) is 6.07 Å². The standard InChI is InChI=1S/C51H63I2N4O/c1-3-5-7-9-11-13-15-17-19-21-29-56-31-27-39(44-25-23-42(52)35-48(44)56)33-46-50(41(37-54)38-55)47(51(46)58)34-40-28-32-57(49-36-43(53)24-26-45(40)49)30-22-20-18-16-14-12-10-8-6-4-2/h23-28,31-36,46H,3-22,29-30H2,1-2H3/q-1/b39-33+,40-34+. The molecule has 0 aromatic heterocycles. The highest BCUT2D eigenvalue weighted by Gasteiger charge is 2.39. The second-order valence-corrected chi connectivity index (χ2v) is 18.7. The summed E-state index contributed by atoms with van der Waals surface area (Å²) in [4.78, 5) is 18.8. The zero-order valence-electron chi connectivity index (χ0n) is 35.0. The number of allylic oxidation sites excluding steroid dienone is 9. The van der Waals surface area contributed by atoms with E-state index in [9.17, 15) is 15.5 Å². The van der Waals surface area contributed by atoms with Crippen LogP contribution in [0.4, 0.5) is 11.4 Å². The Morgan fingerprint density at radius 2 is 1.10 bits per heavy atom. The number of hydrogen-bond donors (Lipinski definition) is 0. The Hall–Kier alpha value is -3.19. The molecule has 58 heavy (non-hydrogen) atoms. The van der Waals surface area contributed by atoms with Crippen molar-refractivity contribution in [1.29, 1.82) is 5.26 Å². The van der Waals surface area contributed by atoms with E-state index in [2.05, 4.69) is 142 Å². The molecule has 0 bridgehead atoms. The number of carbonyl (C=O) groups excluding carboxylic acids is 1. The fourth-order valence-electron chi connectivity index (χ4n) is 8.45. The molecular formula is C51H63I2N4O-. The van der Waals surface area contributed by atoms with Crippen LogP contribution in [0.2, 0.25) is 0 Å². The first-order valence-corrected chi connectivity index (χ1v) is 24.4. The molecule has 0 radical (unpaired) electrons. The number of Topliss-reactive ketones (excluding diaryl/α,β-unsaturated/α-hetero) is 1. The van der Waals surface area contributed by atoms with E-state index < -0.39 is 5.92 Å². The lowest BCUT2D eigenvalue weighted by molar-refractivity contribution is -0.118. The van der Waals surface area contributed by atoms with Crippen molar-refractivity contribution in [2.24, 2.45) is 5.92 Å². The quantitative estimate of drug-likeness (QED) is 0.0430. The molecule has 0 N–H and O–H groups in total. The molecular weight excluding hydrogens is 938 g/mol. The van der Waals surface area contributed by atoms with E-state index in [-0.39, 0.29) is 11.4 Å². The minimum atomic E-state index is -0.655. The van der Waals surface area contributed by atoms with Crippen LogP contribution in [0.15, 0.2) is 89.8 Å². The highest BCUT2D eigenvalue weighted by atomic mass is 127. The largest absolute Gasteiger partial charge is 0.762 e. The van der Waals surface area contributed by atoms with E-state index in [1.807, 2.05) is 12.2 Å². The number of ketones is 1. The molecule has 2 heterocycles. The Balaban J connectivity index is 1.28. The van der Waals surface area contributed by atoms with Gasteiger partial charge in [-0.2, -0.15) is 5.26 Å². The van der Waals surface area contributed by atoms with E-state index in [1.54, 1.807) is 0 Å². The van der Waals surface area contributed by atoms with Crippen molar-refractivity contribution in [3.05, 3.63) is 113 Å². The lowest BCUT2D eigenvalue weighted by atomic mass is 9.71. The molecule has 0 saturated heterocycles. The summed E-state index contributed by atoms with van der Waals surface area (Å²) in [5.41, 5.74) is 7.27. The molecule has 0 amide bonds. The Bertz CT molecular complexity index is 1960. The van der Waals surface area contributed by atoms with Crippen molar-refractivity contribution in [1.82, 2.24) is 0 Å². The average Bonchev–Trinajstić information content (AvgIpc) is 3.23. The summed E-state index contributed by atoms with van der Waals surface area (Å²) in [6, 6.07) is 15.0. The number of benzene rings is 2. The normalized spacial score (nSPS) is 17.1. The van der Waals surface area contributed by atoms with E-state index in [4.69, 9.17) is 0 Å². The summed E-state index contributed by atoms with van der Waals surface area (Å²) in [6.07, 6.45) is 38.4. The molecule has 5 nitrogen and oxygen atoms in total. The molecule has 2 aromatic carbocycles. The van der Waals surface area contributed by atoms with Gasteiger partial charge in [0.1, 0.15) is 6.07 Å². The third kappa shape index (κ3) is 12.9. The van der Waals surface area contributed by atoms with Crippen LogP contribution in [-0.4, -0.2) is 24.7 Å². The first-order valence-electron chi connectivity index (χ1n) is 22.3. The van der Waals surface area contributed by atoms with Crippen LogP contribution in [-0.2, 0) is 4.79 Å². The van der Waals surface area contributed by atoms with Gasteiger partial charge in [-0.25, -0.2) is 0 Å². The smallest absolute Gasteiger partial charge is 0.174 e. The fourth-order valence-corrected chi connectivity index (χ4v) is 9.40. The zero-order chi connectivity index (χ0) is 41.1. The lowest BCUT2D eigenvalue weighted by Crippen LogP contribution is -2.31.